The minimum atomic E-state index is -3.71. The molecule has 3 rings (SSSR count). The molecule has 1 aromatic heterocycles. The first-order valence-electron chi connectivity index (χ1n) is 9.60. The summed E-state index contributed by atoms with van der Waals surface area (Å²) in [6.07, 6.45) is 2.32. The summed E-state index contributed by atoms with van der Waals surface area (Å²) >= 11 is 5.92. The number of nitrogens with zero attached hydrogens (tertiary/aromatic N) is 1. The van der Waals surface area contributed by atoms with Gasteiger partial charge in [-0.25, -0.2) is 9.78 Å². The number of amides is 1. The summed E-state index contributed by atoms with van der Waals surface area (Å²) in [4.78, 5) is 30.1. The first-order valence-corrected chi connectivity index (χ1v) is 11.8. The Morgan fingerprint density at radius 3 is 2.48 bits per heavy atom. The molecular formula is C21H23ClN2O6S. The van der Waals surface area contributed by atoms with Gasteiger partial charge in [-0.1, -0.05) is 35.9 Å². The van der Waals surface area contributed by atoms with Crippen molar-refractivity contribution in [3.63, 3.8) is 0 Å². The Bertz CT molecular complexity index is 1050. The maximum atomic E-state index is 13.1. The standard InChI is InChI=1S/C21H23ClN2O6S/c1-29-20(26)21(24-19(25)14-6-4-3-5-7-14)11-10-16(30-31(2,27)28)12-17(21)15-8-9-18(22)23-13-15/h3-9,13,16-17H,10-12H2,1-2H3,(H,24,25)/t16-,17-,21-/m1/s1. The Morgan fingerprint density at radius 1 is 1.19 bits per heavy atom. The summed E-state index contributed by atoms with van der Waals surface area (Å²) in [6, 6.07) is 11.8. The second-order valence-electron chi connectivity index (χ2n) is 7.45. The third-order valence-electron chi connectivity index (χ3n) is 5.34. The highest BCUT2D eigenvalue weighted by Crippen LogP contribution is 2.43. The number of benzene rings is 1. The number of carbonyl (C=O) groups excluding carboxylic acids is 2. The molecule has 0 aliphatic heterocycles. The SMILES string of the molecule is COC(=O)[C@@]1(NC(=O)c2ccccc2)CC[C@@H](OS(C)(=O)=O)C[C@@H]1c1ccc(Cl)nc1. The number of pyridine rings is 1. The van der Waals surface area contributed by atoms with Gasteiger partial charge in [0.2, 0.25) is 0 Å². The average molecular weight is 467 g/mol. The second-order valence-corrected chi connectivity index (χ2v) is 9.43. The molecule has 1 aliphatic carbocycles. The van der Waals surface area contributed by atoms with Crippen LogP contribution in [0.3, 0.4) is 0 Å². The van der Waals surface area contributed by atoms with E-state index in [2.05, 4.69) is 10.3 Å². The summed E-state index contributed by atoms with van der Waals surface area (Å²) in [5.41, 5.74) is -0.451. The summed E-state index contributed by atoms with van der Waals surface area (Å²) in [5.74, 6) is -1.73. The lowest BCUT2D eigenvalue weighted by atomic mass is 9.68. The maximum absolute atomic E-state index is 13.1. The molecule has 0 bridgehead atoms. The maximum Gasteiger partial charge on any atom is 0.332 e. The van der Waals surface area contributed by atoms with E-state index in [4.69, 9.17) is 20.5 Å². The van der Waals surface area contributed by atoms with Gasteiger partial charge in [-0.05, 0) is 43.0 Å². The van der Waals surface area contributed by atoms with E-state index in [0.717, 1.165) is 6.26 Å². The Balaban J connectivity index is 2.03. The lowest BCUT2D eigenvalue weighted by molar-refractivity contribution is -0.151. The fraction of sp³-hybridized carbons (Fsp3) is 0.381. The largest absolute Gasteiger partial charge is 0.467 e. The third kappa shape index (κ3) is 5.41. The zero-order valence-electron chi connectivity index (χ0n) is 17.1. The van der Waals surface area contributed by atoms with Crippen LogP contribution in [0.25, 0.3) is 0 Å². The first-order chi connectivity index (χ1) is 14.6. The van der Waals surface area contributed by atoms with Gasteiger partial charge in [0.25, 0.3) is 16.0 Å². The number of halogens is 1. The first kappa shape index (κ1) is 23.2. The molecule has 166 valence electrons. The fourth-order valence-electron chi connectivity index (χ4n) is 3.98. The molecule has 0 saturated heterocycles. The molecule has 1 fully saturated rings. The van der Waals surface area contributed by atoms with Crippen molar-refractivity contribution < 1.29 is 26.9 Å². The minimum absolute atomic E-state index is 0.117. The molecule has 31 heavy (non-hydrogen) atoms. The second kappa shape index (κ2) is 9.33. The van der Waals surface area contributed by atoms with E-state index in [1.165, 1.54) is 13.3 Å². The van der Waals surface area contributed by atoms with Crippen molar-refractivity contribution in [2.75, 3.05) is 13.4 Å². The summed E-state index contributed by atoms with van der Waals surface area (Å²) < 4.78 is 33.7. The van der Waals surface area contributed by atoms with Crippen molar-refractivity contribution in [1.82, 2.24) is 10.3 Å². The molecule has 0 radical (unpaired) electrons. The lowest BCUT2D eigenvalue weighted by Crippen LogP contribution is -2.61. The highest BCUT2D eigenvalue weighted by Gasteiger charge is 2.52. The summed E-state index contributed by atoms with van der Waals surface area (Å²) in [5, 5.41) is 3.13. The topological polar surface area (TPSA) is 112 Å². The quantitative estimate of drug-likeness (QED) is 0.395. The van der Waals surface area contributed by atoms with Crippen LogP contribution < -0.4 is 5.32 Å². The molecule has 10 heteroatoms. The van der Waals surface area contributed by atoms with Crippen LogP contribution in [0.4, 0.5) is 0 Å². The number of methoxy groups -OCH3 is 1. The summed E-state index contributed by atoms with van der Waals surface area (Å²) in [7, 11) is -2.46. The Morgan fingerprint density at radius 2 is 1.90 bits per heavy atom. The predicted molar refractivity (Wildman–Crippen MR) is 114 cm³/mol. The number of nitrogens with one attached hydrogen (secondary N) is 1. The fourth-order valence-corrected chi connectivity index (χ4v) is 4.77. The number of hydrogen-bond acceptors (Lipinski definition) is 7. The van der Waals surface area contributed by atoms with Crippen molar-refractivity contribution >= 4 is 33.6 Å². The molecule has 3 atom stereocenters. The molecule has 1 aliphatic rings. The molecule has 0 unspecified atom stereocenters. The summed E-state index contributed by atoms with van der Waals surface area (Å²) in [6.45, 7) is 0. The van der Waals surface area contributed by atoms with E-state index in [-0.39, 0.29) is 24.4 Å². The van der Waals surface area contributed by atoms with E-state index in [1.54, 1.807) is 42.5 Å². The van der Waals surface area contributed by atoms with E-state index in [9.17, 15) is 18.0 Å². The zero-order valence-corrected chi connectivity index (χ0v) is 18.7. The smallest absolute Gasteiger partial charge is 0.332 e. The lowest BCUT2D eigenvalue weighted by Gasteiger charge is -2.44. The van der Waals surface area contributed by atoms with Crippen LogP contribution in [-0.4, -0.2) is 50.3 Å². The van der Waals surface area contributed by atoms with Crippen molar-refractivity contribution in [2.45, 2.75) is 36.8 Å². The number of hydrogen-bond donors (Lipinski definition) is 1. The van der Waals surface area contributed by atoms with Crippen LogP contribution in [-0.2, 0) is 23.8 Å². The number of rotatable bonds is 6. The van der Waals surface area contributed by atoms with Gasteiger partial charge in [0.1, 0.15) is 10.7 Å². The van der Waals surface area contributed by atoms with E-state index in [1.807, 2.05) is 0 Å². The minimum Gasteiger partial charge on any atom is -0.467 e. The van der Waals surface area contributed by atoms with Crippen LogP contribution in [0.5, 0.6) is 0 Å². The molecule has 1 saturated carbocycles. The van der Waals surface area contributed by atoms with Crippen LogP contribution in [0, 0.1) is 0 Å². The van der Waals surface area contributed by atoms with Gasteiger partial charge >= 0.3 is 5.97 Å². The average Bonchev–Trinajstić information content (AvgIpc) is 2.74. The van der Waals surface area contributed by atoms with E-state index in [0.29, 0.717) is 11.1 Å². The highest BCUT2D eigenvalue weighted by atomic mass is 35.5. The van der Waals surface area contributed by atoms with Gasteiger partial charge in [0, 0.05) is 17.7 Å². The molecule has 1 N–H and O–H groups in total. The number of carbonyl (C=O) groups is 2. The third-order valence-corrected chi connectivity index (χ3v) is 6.19. The number of ether oxygens (including phenoxy) is 1. The Labute approximate surface area is 186 Å². The van der Waals surface area contributed by atoms with Crippen LogP contribution in [0.2, 0.25) is 5.15 Å². The van der Waals surface area contributed by atoms with Crippen molar-refractivity contribution in [2.24, 2.45) is 0 Å². The van der Waals surface area contributed by atoms with Crippen molar-refractivity contribution in [1.29, 1.82) is 0 Å². The van der Waals surface area contributed by atoms with Gasteiger partial charge in [-0.15, -0.1) is 0 Å². The molecular weight excluding hydrogens is 444 g/mol. The number of esters is 1. The van der Waals surface area contributed by atoms with E-state index < -0.39 is 39.6 Å². The van der Waals surface area contributed by atoms with Gasteiger partial charge in [0.15, 0.2) is 0 Å². The van der Waals surface area contributed by atoms with Crippen LogP contribution in [0.1, 0.15) is 41.1 Å². The Kier molecular flexibility index (Phi) is 6.98. The van der Waals surface area contributed by atoms with Gasteiger partial charge in [0.05, 0.1) is 19.5 Å². The van der Waals surface area contributed by atoms with E-state index >= 15 is 0 Å². The molecule has 1 aromatic carbocycles. The molecule has 8 nitrogen and oxygen atoms in total. The normalized spacial score (nSPS) is 23.7. The van der Waals surface area contributed by atoms with Crippen LogP contribution >= 0.6 is 11.6 Å². The molecule has 2 aromatic rings. The van der Waals surface area contributed by atoms with Crippen molar-refractivity contribution in [3.8, 4) is 0 Å². The molecule has 0 spiro atoms. The highest BCUT2D eigenvalue weighted by molar-refractivity contribution is 7.86. The van der Waals surface area contributed by atoms with Gasteiger partial charge < -0.3 is 10.1 Å². The zero-order chi connectivity index (χ0) is 22.6. The predicted octanol–water partition coefficient (Wildman–Crippen LogP) is 2.69. The Hall–Kier alpha value is -2.49. The van der Waals surface area contributed by atoms with Crippen molar-refractivity contribution in [3.05, 3.63) is 64.9 Å². The van der Waals surface area contributed by atoms with Gasteiger partial charge in [-0.3, -0.25) is 8.98 Å². The monoisotopic (exact) mass is 466 g/mol. The van der Waals surface area contributed by atoms with Gasteiger partial charge in [-0.2, -0.15) is 8.42 Å². The number of aromatic nitrogens is 1. The molecule has 1 heterocycles. The van der Waals surface area contributed by atoms with Crippen LogP contribution in [0.15, 0.2) is 48.7 Å². The molecule has 1 amide bonds.